The van der Waals surface area contributed by atoms with Gasteiger partial charge in [-0.15, -0.1) is 0 Å². The summed E-state index contributed by atoms with van der Waals surface area (Å²) in [5.74, 6) is 0. The van der Waals surface area contributed by atoms with Crippen molar-refractivity contribution in [1.82, 2.24) is 10.2 Å². The zero-order chi connectivity index (χ0) is 13.5. The maximum atomic E-state index is 11.7. The lowest BCUT2D eigenvalue weighted by atomic mass is 9.87. The number of rotatable bonds is 7. The lowest BCUT2D eigenvalue weighted by molar-refractivity contribution is 0.127. The number of hydrogen-bond donors (Lipinski definition) is 2. The van der Waals surface area contributed by atoms with Crippen molar-refractivity contribution in [2.45, 2.75) is 53.1 Å². The first-order chi connectivity index (χ1) is 7.78. The standard InChI is InChI=1S/C13H28N2O2/c1-6-7-8-15(5)12(17)14-10-13(3,4)9-11(2)16/h11,16H,6-10H2,1-5H3,(H,14,17). The maximum absolute atomic E-state index is 11.7. The van der Waals surface area contributed by atoms with Crippen molar-refractivity contribution in [3.63, 3.8) is 0 Å². The second-order valence-electron chi connectivity index (χ2n) is 5.65. The molecule has 0 spiro atoms. The van der Waals surface area contributed by atoms with Crippen molar-refractivity contribution in [2.24, 2.45) is 5.41 Å². The highest BCUT2D eigenvalue weighted by molar-refractivity contribution is 5.73. The van der Waals surface area contributed by atoms with Crippen LogP contribution >= 0.6 is 0 Å². The molecule has 0 saturated heterocycles. The summed E-state index contributed by atoms with van der Waals surface area (Å²) >= 11 is 0. The summed E-state index contributed by atoms with van der Waals surface area (Å²) < 4.78 is 0. The van der Waals surface area contributed by atoms with E-state index in [0.29, 0.717) is 13.0 Å². The Morgan fingerprint density at radius 3 is 2.53 bits per heavy atom. The van der Waals surface area contributed by atoms with Crippen molar-refractivity contribution in [3.05, 3.63) is 0 Å². The molecule has 2 N–H and O–H groups in total. The van der Waals surface area contributed by atoms with Gasteiger partial charge in [0.2, 0.25) is 0 Å². The first-order valence-corrected chi connectivity index (χ1v) is 6.45. The van der Waals surface area contributed by atoms with E-state index in [4.69, 9.17) is 0 Å². The summed E-state index contributed by atoms with van der Waals surface area (Å²) in [6.07, 6.45) is 2.47. The number of unbranched alkanes of at least 4 members (excludes halogenated alkanes) is 1. The van der Waals surface area contributed by atoms with E-state index < -0.39 is 0 Å². The number of aliphatic hydroxyl groups excluding tert-OH is 1. The Morgan fingerprint density at radius 1 is 1.47 bits per heavy atom. The molecule has 0 fully saturated rings. The van der Waals surface area contributed by atoms with Crippen LogP contribution in [-0.4, -0.2) is 42.3 Å². The summed E-state index contributed by atoms with van der Waals surface area (Å²) in [6.45, 7) is 9.36. The predicted octanol–water partition coefficient (Wildman–Crippen LogP) is 2.23. The summed E-state index contributed by atoms with van der Waals surface area (Å²) in [5, 5.41) is 12.3. The molecule has 0 aliphatic heterocycles. The summed E-state index contributed by atoms with van der Waals surface area (Å²) in [6, 6.07) is -0.0304. The van der Waals surface area contributed by atoms with Gasteiger partial charge in [-0.2, -0.15) is 0 Å². The molecule has 0 aromatic rings. The second-order valence-corrected chi connectivity index (χ2v) is 5.65. The molecular weight excluding hydrogens is 216 g/mol. The molecule has 0 radical (unpaired) electrons. The van der Waals surface area contributed by atoms with Crippen LogP contribution in [0.4, 0.5) is 4.79 Å². The summed E-state index contributed by atoms with van der Waals surface area (Å²) in [4.78, 5) is 13.4. The van der Waals surface area contributed by atoms with Crippen molar-refractivity contribution < 1.29 is 9.90 Å². The Bertz CT molecular complexity index is 227. The third-order valence-corrected chi connectivity index (χ3v) is 2.76. The topological polar surface area (TPSA) is 52.6 Å². The zero-order valence-corrected chi connectivity index (χ0v) is 11.9. The van der Waals surface area contributed by atoms with E-state index in [2.05, 4.69) is 12.2 Å². The Kier molecular flexibility index (Phi) is 7.19. The van der Waals surface area contributed by atoms with Gasteiger partial charge in [-0.3, -0.25) is 0 Å². The van der Waals surface area contributed by atoms with Crippen molar-refractivity contribution in [1.29, 1.82) is 0 Å². The van der Waals surface area contributed by atoms with E-state index in [1.165, 1.54) is 0 Å². The van der Waals surface area contributed by atoms with Gasteiger partial charge in [0.25, 0.3) is 0 Å². The quantitative estimate of drug-likeness (QED) is 0.721. The van der Waals surface area contributed by atoms with Crippen molar-refractivity contribution >= 4 is 6.03 Å². The first-order valence-electron chi connectivity index (χ1n) is 6.45. The van der Waals surface area contributed by atoms with E-state index in [-0.39, 0.29) is 17.6 Å². The zero-order valence-electron chi connectivity index (χ0n) is 11.9. The van der Waals surface area contributed by atoms with Crippen LogP contribution in [0.3, 0.4) is 0 Å². The van der Waals surface area contributed by atoms with Gasteiger partial charge >= 0.3 is 6.03 Å². The normalized spacial score (nSPS) is 13.3. The van der Waals surface area contributed by atoms with Crippen molar-refractivity contribution in [2.75, 3.05) is 20.1 Å². The molecule has 17 heavy (non-hydrogen) atoms. The molecule has 1 atom stereocenters. The third-order valence-electron chi connectivity index (χ3n) is 2.76. The van der Waals surface area contributed by atoms with Gasteiger partial charge < -0.3 is 15.3 Å². The van der Waals surface area contributed by atoms with Crippen molar-refractivity contribution in [3.8, 4) is 0 Å². The van der Waals surface area contributed by atoms with Gasteiger partial charge in [0, 0.05) is 20.1 Å². The lowest BCUT2D eigenvalue weighted by Crippen LogP contribution is -2.42. The molecule has 0 aliphatic carbocycles. The van der Waals surface area contributed by atoms with E-state index in [0.717, 1.165) is 19.4 Å². The number of nitrogens with zero attached hydrogens (tertiary/aromatic N) is 1. The van der Waals surface area contributed by atoms with Crippen LogP contribution in [0.25, 0.3) is 0 Å². The minimum atomic E-state index is -0.334. The largest absolute Gasteiger partial charge is 0.393 e. The Balaban J connectivity index is 3.97. The van der Waals surface area contributed by atoms with E-state index in [1.807, 2.05) is 20.9 Å². The third kappa shape index (κ3) is 8.02. The predicted molar refractivity (Wildman–Crippen MR) is 71.0 cm³/mol. The molecule has 0 bridgehead atoms. The number of carbonyl (C=O) groups is 1. The average molecular weight is 244 g/mol. The number of aliphatic hydroxyl groups is 1. The maximum Gasteiger partial charge on any atom is 0.317 e. The number of amides is 2. The van der Waals surface area contributed by atoms with Gasteiger partial charge in [0.05, 0.1) is 6.10 Å². The van der Waals surface area contributed by atoms with E-state index >= 15 is 0 Å². The Morgan fingerprint density at radius 2 is 2.06 bits per heavy atom. The monoisotopic (exact) mass is 244 g/mol. The van der Waals surface area contributed by atoms with E-state index in [1.54, 1.807) is 11.8 Å². The van der Waals surface area contributed by atoms with Crippen LogP contribution in [0.5, 0.6) is 0 Å². The molecule has 0 aromatic heterocycles. The fourth-order valence-corrected chi connectivity index (χ4v) is 1.82. The Hall–Kier alpha value is -0.770. The van der Waals surface area contributed by atoms with Crippen LogP contribution in [0.1, 0.15) is 47.0 Å². The fraction of sp³-hybridized carbons (Fsp3) is 0.923. The second kappa shape index (κ2) is 7.54. The summed E-state index contributed by atoms with van der Waals surface area (Å²) in [7, 11) is 1.81. The van der Waals surface area contributed by atoms with Crippen LogP contribution in [0.2, 0.25) is 0 Å². The Labute approximate surface area is 105 Å². The molecule has 0 heterocycles. The van der Waals surface area contributed by atoms with E-state index in [9.17, 15) is 9.90 Å². The smallest absolute Gasteiger partial charge is 0.317 e. The number of nitrogens with one attached hydrogen (secondary N) is 1. The summed E-state index contributed by atoms with van der Waals surface area (Å²) in [5.41, 5.74) is -0.0740. The fourth-order valence-electron chi connectivity index (χ4n) is 1.82. The molecule has 2 amide bonds. The van der Waals surface area contributed by atoms with Gasteiger partial charge in [-0.1, -0.05) is 27.2 Å². The number of urea groups is 1. The highest BCUT2D eigenvalue weighted by Gasteiger charge is 2.21. The van der Waals surface area contributed by atoms with Gasteiger partial charge in [0.15, 0.2) is 0 Å². The lowest BCUT2D eigenvalue weighted by Gasteiger charge is -2.28. The first kappa shape index (κ1) is 16.2. The molecule has 0 rings (SSSR count). The highest BCUT2D eigenvalue weighted by atomic mass is 16.3. The van der Waals surface area contributed by atoms with Gasteiger partial charge in [-0.05, 0) is 25.2 Å². The highest BCUT2D eigenvalue weighted by Crippen LogP contribution is 2.21. The van der Waals surface area contributed by atoms with Crippen LogP contribution in [-0.2, 0) is 0 Å². The van der Waals surface area contributed by atoms with Crippen LogP contribution < -0.4 is 5.32 Å². The van der Waals surface area contributed by atoms with Gasteiger partial charge in [-0.25, -0.2) is 4.79 Å². The minimum Gasteiger partial charge on any atom is -0.393 e. The van der Waals surface area contributed by atoms with Crippen LogP contribution in [0, 0.1) is 5.41 Å². The molecule has 0 aromatic carbocycles. The molecule has 4 nitrogen and oxygen atoms in total. The molecule has 0 aliphatic rings. The average Bonchev–Trinajstić information content (AvgIpc) is 2.20. The number of hydrogen-bond acceptors (Lipinski definition) is 2. The number of carbonyl (C=O) groups excluding carboxylic acids is 1. The van der Waals surface area contributed by atoms with Crippen LogP contribution in [0.15, 0.2) is 0 Å². The van der Waals surface area contributed by atoms with Gasteiger partial charge in [0.1, 0.15) is 0 Å². The minimum absolute atomic E-state index is 0.0304. The SMILES string of the molecule is CCCCN(C)C(=O)NCC(C)(C)CC(C)O. The molecule has 4 heteroatoms. The molecule has 0 saturated carbocycles. The molecule has 1 unspecified atom stereocenters. The molecule has 102 valence electrons. The molecular formula is C13H28N2O2.